The third-order valence-corrected chi connectivity index (χ3v) is 6.50. The molecule has 1 heterocycles. The highest BCUT2D eigenvalue weighted by molar-refractivity contribution is 14.0. The van der Waals surface area contributed by atoms with Crippen molar-refractivity contribution in [1.29, 1.82) is 0 Å². The smallest absolute Gasteiger partial charge is 0.194 e. The van der Waals surface area contributed by atoms with E-state index >= 15 is 0 Å². The second kappa shape index (κ2) is 9.39. The first-order chi connectivity index (χ1) is 12.0. The van der Waals surface area contributed by atoms with Crippen molar-refractivity contribution in [2.24, 2.45) is 16.8 Å². The largest absolute Gasteiger partial charge is 0.357 e. The third kappa shape index (κ3) is 5.34. The van der Waals surface area contributed by atoms with Gasteiger partial charge in [-0.1, -0.05) is 25.0 Å². The van der Waals surface area contributed by atoms with E-state index in [0.717, 1.165) is 43.0 Å². The van der Waals surface area contributed by atoms with Crippen LogP contribution in [0, 0.1) is 11.8 Å². The number of benzene rings is 1. The van der Waals surface area contributed by atoms with Gasteiger partial charge in [0.25, 0.3) is 0 Å². The maximum atomic E-state index is 11.5. The summed E-state index contributed by atoms with van der Waals surface area (Å²) in [5, 5.41) is 3.42. The molecule has 2 unspecified atom stereocenters. The van der Waals surface area contributed by atoms with E-state index in [-0.39, 0.29) is 24.0 Å². The number of likely N-dealkylation sites (tertiary alicyclic amines) is 1. The zero-order valence-electron chi connectivity index (χ0n) is 15.6. The number of nitrogens with one attached hydrogen (secondary N) is 1. The van der Waals surface area contributed by atoms with E-state index in [4.69, 9.17) is 4.99 Å². The summed E-state index contributed by atoms with van der Waals surface area (Å²) >= 11 is 0. The molecule has 0 aromatic heterocycles. The first kappa shape index (κ1) is 21.5. The van der Waals surface area contributed by atoms with Gasteiger partial charge in [0.15, 0.2) is 15.8 Å². The minimum atomic E-state index is -3.14. The topological polar surface area (TPSA) is 61.8 Å². The molecule has 0 spiro atoms. The number of hydrogen-bond acceptors (Lipinski definition) is 3. The molecule has 1 aromatic rings. The van der Waals surface area contributed by atoms with Crippen LogP contribution in [0.25, 0.3) is 0 Å². The van der Waals surface area contributed by atoms with E-state index in [2.05, 4.69) is 17.1 Å². The third-order valence-electron chi connectivity index (χ3n) is 5.37. The van der Waals surface area contributed by atoms with Crippen LogP contribution >= 0.6 is 24.0 Å². The normalized spacial score (nSPS) is 23.3. The summed E-state index contributed by atoms with van der Waals surface area (Å²) in [5.74, 6) is 2.64. The van der Waals surface area contributed by atoms with Gasteiger partial charge in [-0.15, -0.1) is 24.0 Å². The predicted octanol–water partition coefficient (Wildman–Crippen LogP) is 3.30. The molecule has 0 radical (unpaired) electrons. The van der Waals surface area contributed by atoms with E-state index in [1.54, 1.807) is 12.1 Å². The van der Waals surface area contributed by atoms with Crippen LogP contribution in [-0.4, -0.2) is 45.2 Å². The maximum Gasteiger partial charge on any atom is 0.194 e. The average molecular weight is 491 g/mol. The van der Waals surface area contributed by atoms with Crippen LogP contribution in [0.15, 0.2) is 34.2 Å². The number of aliphatic imine (C=N–C) groups is 1. The Labute approximate surface area is 174 Å². The van der Waals surface area contributed by atoms with E-state index in [1.165, 1.54) is 31.9 Å². The molecule has 2 aliphatic rings. The van der Waals surface area contributed by atoms with Gasteiger partial charge in [0, 0.05) is 25.9 Å². The van der Waals surface area contributed by atoms with Crippen molar-refractivity contribution in [3.05, 3.63) is 29.8 Å². The predicted molar refractivity (Wildman–Crippen MR) is 117 cm³/mol. The van der Waals surface area contributed by atoms with Crippen LogP contribution in [-0.2, 0) is 16.4 Å². The molecule has 2 fully saturated rings. The van der Waals surface area contributed by atoms with Gasteiger partial charge in [-0.3, -0.25) is 0 Å². The Balaban J connectivity index is 0.00000243. The number of sulfone groups is 1. The van der Waals surface area contributed by atoms with Crippen LogP contribution in [0.3, 0.4) is 0 Å². The minimum absolute atomic E-state index is 0. The fourth-order valence-corrected chi connectivity index (χ4v) is 4.64. The van der Waals surface area contributed by atoms with Crippen molar-refractivity contribution in [2.75, 3.05) is 25.9 Å². The molecule has 146 valence electrons. The molecule has 1 N–H and O–H groups in total. The van der Waals surface area contributed by atoms with Gasteiger partial charge < -0.3 is 10.2 Å². The molecule has 0 bridgehead atoms. The Kier molecular flexibility index (Phi) is 7.76. The van der Waals surface area contributed by atoms with Crippen LogP contribution < -0.4 is 5.32 Å². The van der Waals surface area contributed by atoms with Gasteiger partial charge in [-0.25, -0.2) is 13.4 Å². The van der Waals surface area contributed by atoms with Crippen LogP contribution in [0.5, 0.6) is 0 Å². The fraction of sp³-hybridized carbons (Fsp3) is 0.632. The molecule has 3 rings (SSSR count). The summed E-state index contributed by atoms with van der Waals surface area (Å²) in [7, 11) is -3.14. The molecule has 1 aliphatic carbocycles. The highest BCUT2D eigenvalue weighted by Gasteiger charge is 2.35. The number of guanidine groups is 1. The summed E-state index contributed by atoms with van der Waals surface area (Å²) in [5.41, 5.74) is 1.03. The lowest BCUT2D eigenvalue weighted by Gasteiger charge is -2.22. The van der Waals surface area contributed by atoms with E-state index in [1.807, 2.05) is 12.1 Å². The second-order valence-electron chi connectivity index (χ2n) is 7.30. The number of rotatable bonds is 4. The highest BCUT2D eigenvalue weighted by atomic mass is 127. The zero-order chi connectivity index (χ0) is 17.9. The van der Waals surface area contributed by atoms with E-state index < -0.39 is 9.84 Å². The average Bonchev–Trinajstić information content (AvgIpc) is 3.02. The first-order valence-electron chi connectivity index (χ1n) is 9.29. The summed E-state index contributed by atoms with van der Waals surface area (Å²) in [6.45, 7) is 5.75. The molecule has 2 atom stereocenters. The van der Waals surface area contributed by atoms with Gasteiger partial charge >= 0.3 is 0 Å². The van der Waals surface area contributed by atoms with Gasteiger partial charge in [0.05, 0.1) is 11.4 Å². The summed E-state index contributed by atoms with van der Waals surface area (Å²) in [6.07, 6.45) is 6.68. The molecule has 5 nitrogen and oxygen atoms in total. The van der Waals surface area contributed by atoms with Crippen LogP contribution in [0.4, 0.5) is 0 Å². The van der Waals surface area contributed by atoms with Crippen molar-refractivity contribution in [3.63, 3.8) is 0 Å². The molecule has 0 amide bonds. The second-order valence-corrected chi connectivity index (χ2v) is 9.31. The van der Waals surface area contributed by atoms with Gasteiger partial charge in [0.2, 0.25) is 0 Å². The van der Waals surface area contributed by atoms with Crippen molar-refractivity contribution < 1.29 is 8.42 Å². The molecule has 1 saturated heterocycles. The fourth-order valence-electron chi connectivity index (χ4n) is 4.01. The summed E-state index contributed by atoms with van der Waals surface area (Å²) in [6, 6.07) is 7.04. The van der Waals surface area contributed by atoms with Gasteiger partial charge in [-0.2, -0.15) is 0 Å². The number of halogens is 1. The first-order valence-corrected chi connectivity index (χ1v) is 11.2. The van der Waals surface area contributed by atoms with Crippen LogP contribution in [0.1, 0.15) is 38.2 Å². The molecule has 1 aliphatic heterocycles. The quantitative estimate of drug-likeness (QED) is 0.399. The Morgan fingerprint density at radius 2 is 1.73 bits per heavy atom. The Bertz CT molecular complexity index is 705. The minimum Gasteiger partial charge on any atom is -0.357 e. The van der Waals surface area contributed by atoms with Crippen molar-refractivity contribution in [3.8, 4) is 0 Å². The van der Waals surface area contributed by atoms with E-state index in [9.17, 15) is 8.42 Å². The van der Waals surface area contributed by atoms with Crippen molar-refractivity contribution in [1.82, 2.24) is 10.2 Å². The highest BCUT2D eigenvalue weighted by Crippen LogP contribution is 2.35. The van der Waals surface area contributed by atoms with Crippen molar-refractivity contribution in [2.45, 2.75) is 44.0 Å². The van der Waals surface area contributed by atoms with E-state index in [0.29, 0.717) is 11.4 Å². The molecule has 1 aromatic carbocycles. The van der Waals surface area contributed by atoms with Crippen molar-refractivity contribution >= 4 is 39.8 Å². The maximum absolute atomic E-state index is 11.5. The van der Waals surface area contributed by atoms with Crippen LogP contribution in [0.2, 0.25) is 0 Å². The Morgan fingerprint density at radius 3 is 2.23 bits per heavy atom. The monoisotopic (exact) mass is 491 g/mol. The molecular formula is C19H30IN3O2S. The molecule has 26 heavy (non-hydrogen) atoms. The number of fused-ring (bicyclic) bond motifs is 1. The summed E-state index contributed by atoms with van der Waals surface area (Å²) in [4.78, 5) is 7.57. The number of hydrogen-bond donors (Lipinski definition) is 1. The van der Waals surface area contributed by atoms with Gasteiger partial charge in [0.1, 0.15) is 0 Å². The summed E-state index contributed by atoms with van der Waals surface area (Å²) < 4.78 is 23.1. The molecular weight excluding hydrogens is 461 g/mol. The Hall–Kier alpha value is -0.830. The lowest BCUT2D eigenvalue weighted by atomic mass is 9.82. The lowest BCUT2D eigenvalue weighted by molar-refractivity contribution is 0.299. The number of nitrogens with zero attached hydrogens (tertiary/aromatic N) is 2. The lowest BCUT2D eigenvalue weighted by Crippen LogP contribution is -2.40. The Morgan fingerprint density at radius 1 is 1.15 bits per heavy atom. The van der Waals surface area contributed by atoms with Gasteiger partial charge in [-0.05, 0) is 49.3 Å². The molecule has 7 heteroatoms. The standard InChI is InChI=1S/C19H29N3O2S.HI/c1-3-20-19(22-13-16-6-4-5-7-17(16)14-22)21-12-15-8-10-18(11-9-15)25(2,23)24;/h8-11,16-17H,3-7,12-14H2,1-2H3,(H,20,21);1H. The molecule has 1 saturated carbocycles. The zero-order valence-corrected chi connectivity index (χ0v) is 18.8. The SMILES string of the molecule is CCNC(=NCc1ccc(S(C)(=O)=O)cc1)N1CC2CCCCC2C1.I.